The first-order valence-corrected chi connectivity index (χ1v) is 7.23. The van der Waals surface area contributed by atoms with Crippen LogP contribution in [0.5, 0.6) is 11.5 Å². The second-order valence-electron chi connectivity index (χ2n) is 5.21. The Morgan fingerprint density at radius 1 is 1.20 bits per heavy atom. The van der Waals surface area contributed by atoms with E-state index in [2.05, 4.69) is 5.32 Å². The molecule has 2 aliphatic heterocycles. The van der Waals surface area contributed by atoms with Crippen molar-refractivity contribution >= 4 is 0 Å². The zero-order valence-electron chi connectivity index (χ0n) is 11.5. The highest BCUT2D eigenvalue weighted by Crippen LogP contribution is 2.32. The van der Waals surface area contributed by atoms with Crippen LogP contribution in [-0.4, -0.2) is 44.1 Å². The minimum atomic E-state index is -0.549. The molecule has 2 atom stereocenters. The van der Waals surface area contributed by atoms with Crippen LogP contribution in [0.3, 0.4) is 0 Å². The van der Waals surface area contributed by atoms with Crippen molar-refractivity contribution in [1.82, 2.24) is 5.32 Å². The fourth-order valence-corrected chi connectivity index (χ4v) is 2.57. The molecule has 0 aliphatic carbocycles. The van der Waals surface area contributed by atoms with Gasteiger partial charge in [0.05, 0.1) is 12.2 Å². The van der Waals surface area contributed by atoms with Gasteiger partial charge in [-0.2, -0.15) is 0 Å². The molecular formula is C15H21NO4. The Hall–Kier alpha value is -1.30. The van der Waals surface area contributed by atoms with Gasteiger partial charge >= 0.3 is 0 Å². The molecular weight excluding hydrogens is 258 g/mol. The zero-order chi connectivity index (χ0) is 13.8. The normalized spacial score (nSPS) is 22.8. The summed E-state index contributed by atoms with van der Waals surface area (Å²) in [7, 11) is 0. The number of hydrogen-bond acceptors (Lipinski definition) is 5. The van der Waals surface area contributed by atoms with Gasteiger partial charge in [-0.05, 0) is 30.5 Å². The van der Waals surface area contributed by atoms with Gasteiger partial charge in [-0.1, -0.05) is 6.07 Å². The van der Waals surface area contributed by atoms with Crippen molar-refractivity contribution < 1.29 is 19.3 Å². The fraction of sp³-hybridized carbons (Fsp3) is 0.600. The molecule has 2 N–H and O–H groups in total. The standard InChI is InChI=1S/C15H21NO4/c17-13(10-16-9-12-2-1-5-18-12)11-3-4-14-15(8-11)20-7-6-19-14/h3-4,8,12-13,16-17H,1-2,5-7,9-10H2. The Morgan fingerprint density at radius 2 is 2.05 bits per heavy atom. The van der Waals surface area contributed by atoms with Gasteiger partial charge in [0.15, 0.2) is 11.5 Å². The third-order valence-corrected chi connectivity index (χ3v) is 3.68. The smallest absolute Gasteiger partial charge is 0.161 e. The summed E-state index contributed by atoms with van der Waals surface area (Å²) in [6.45, 7) is 3.31. The van der Waals surface area contributed by atoms with Crippen molar-refractivity contribution in [2.24, 2.45) is 0 Å². The highest BCUT2D eigenvalue weighted by atomic mass is 16.6. The van der Waals surface area contributed by atoms with E-state index in [1.165, 1.54) is 0 Å². The van der Waals surface area contributed by atoms with Gasteiger partial charge in [-0.25, -0.2) is 0 Å². The molecule has 1 aromatic rings. The van der Waals surface area contributed by atoms with E-state index >= 15 is 0 Å². The maximum Gasteiger partial charge on any atom is 0.161 e. The number of benzene rings is 1. The zero-order valence-corrected chi connectivity index (χ0v) is 11.5. The van der Waals surface area contributed by atoms with Crippen LogP contribution in [0.2, 0.25) is 0 Å². The third-order valence-electron chi connectivity index (χ3n) is 3.68. The van der Waals surface area contributed by atoms with E-state index in [4.69, 9.17) is 14.2 Å². The molecule has 0 bridgehead atoms. The van der Waals surface area contributed by atoms with Crippen molar-refractivity contribution in [2.45, 2.75) is 25.0 Å². The summed E-state index contributed by atoms with van der Waals surface area (Å²) in [6.07, 6.45) is 1.99. The van der Waals surface area contributed by atoms with Crippen LogP contribution in [0.1, 0.15) is 24.5 Å². The van der Waals surface area contributed by atoms with E-state index in [0.717, 1.165) is 37.3 Å². The first-order chi connectivity index (χ1) is 9.83. The molecule has 0 radical (unpaired) electrons. The number of nitrogens with one attached hydrogen (secondary N) is 1. The molecule has 0 aromatic heterocycles. The number of fused-ring (bicyclic) bond motifs is 1. The van der Waals surface area contributed by atoms with Crippen molar-refractivity contribution in [2.75, 3.05) is 32.9 Å². The maximum absolute atomic E-state index is 10.2. The fourth-order valence-electron chi connectivity index (χ4n) is 2.57. The van der Waals surface area contributed by atoms with Crippen molar-refractivity contribution in [3.63, 3.8) is 0 Å². The van der Waals surface area contributed by atoms with Crippen LogP contribution in [0, 0.1) is 0 Å². The highest BCUT2D eigenvalue weighted by Gasteiger charge is 2.17. The van der Waals surface area contributed by atoms with E-state index in [-0.39, 0.29) is 0 Å². The Labute approximate surface area is 118 Å². The van der Waals surface area contributed by atoms with Crippen LogP contribution in [0.25, 0.3) is 0 Å². The summed E-state index contributed by atoms with van der Waals surface area (Å²) in [5, 5.41) is 13.5. The molecule has 20 heavy (non-hydrogen) atoms. The monoisotopic (exact) mass is 279 g/mol. The van der Waals surface area contributed by atoms with E-state index in [1.54, 1.807) is 0 Å². The molecule has 2 heterocycles. The van der Waals surface area contributed by atoms with Crippen LogP contribution in [-0.2, 0) is 4.74 Å². The molecule has 1 aromatic carbocycles. The summed E-state index contributed by atoms with van der Waals surface area (Å²) in [5.74, 6) is 1.46. The van der Waals surface area contributed by atoms with E-state index in [0.29, 0.717) is 31.6 Å². The van der Waals surface area contributed by atoms with Crippen molar-refractivity contribution in [1.29, 1.82) is 0 Å². The summed E-state index contributed by atoms with van der Waals surface area (Å²) in [4.78, 5) is 0. The highest BCUT2D eigenvalue weighted by molar-refractivity contribution is 5.44. The molecule has 0 amide bonds. The number of aliphatic hydroxyl groups is 1. The van der Waals surface area contributed by atoms with Gasteiger partial charge in [0.25, 0.3) is 0 Å². The molecule has 2 aliphatic rings. The Bertz CT molecular complexity index is 445. The molecule has 5 nitrogen and oxygen atoms in total. The van der Waals surface area contributed by atoms with Gasteiger partial charge in [-0.3, -0.25) is 0 Å². The summed E-state index contributed by atoms with van der Waals surface area (Å²) in [5.41, 5.74) is 0.842. The van der Waals surface area contributed by atoms with Gasteiger partial charge in [-0.15, -0.1) is 0 Å². The van der Waals surface area contributed by atoms with E-state index in [9.17, 15) is 5.11 Å². The van der Waals surface area contributed by atoms with E-state index in [1.807, 2.05) is 18.2 Å². The lowest BCUT2D eigenvalue weighted by atomic mass is 10.1. The van der Waals surface area contributed by atoms with Crippen LogP contribution < -0.4 is 14.8 Å². The average molecular weight is 279 g/mol. The first-order valence-electron chi connectivity index (χ1n) is 7.23. The third kappa shape index (κ3) is 3.23. The van der Waals surface area contributed by atoms with Crippen LogP contribution in [0.15, 0.2) is 18.2 Å². The Balaban J connectivity index is 1.52. The number of rotatable bonds is 5. The lowest BCUT2D eigenvalue weighted by molar-refractivity contribution is 0.103. The quantitative estimate of drug-likeness (QED) is 0.850. The van der Waals surface area contributed by atoms with Gasteiger partial charge in [0, 0.05) is 19.7 Å². The lowest BCUT2D eigenvalue weighted by Gasteiger charge is -2.20. The van der Waals surface area contributed by atoms with E-state index < -0.39 is 6.10 Å². The van der Waals surface area contributed by atoms with Gasteiger partial charge in [0.1, 0.15) is 13.2 Å². The second kappa shape index (κ2) is 6.43. The molecule has 5 heteroatoms. The molecule has 3 rings (SSSR count). The number of aliphatic hydroxyl groups excluding tert-OH is 1. The average Bonchev–Trinajstić information content (AvgIpc) is 3.00. The summed E-state index contributed by atoms with van der Waals surface area (Å²) in [6, 6.07) is 5.59. The Morgan fingerprint density at radius 3 is 2.85 bits per heavy atom. The minimum Gasteiger partial charge on any atom is -0.486 e. The predicted molar refractivity (Wildman–Crippen MR) is 74.2 cm³/mol. The maximum atomic E-state index is 10.2. The lowest BCUT2D eigenvalue weighted by Crippen LogP contribution is -2.30. The number of ether oxygens (including phenoxy) is 3. The van der Waals surface area contributed by atoms with Crippen LogP contribution in [0.4, 0.5) is 0 Å². The first kappa shape index (κ1) is 13.7. The van der Waals surface area contributed by atoms with Gasteiger partial charge < -0.3 is 24.6 Å². The van der Waals surface area contributed by atoms with Gasteiger partial charge in [0.2, 0.25) is 0 Å². The minimum absolute atomic E-state index is 0.294. The number of hydrogen-bond donors (Lipinski definition) is 2. The molecule has 110 valence electrons. The molecule has 1 saturated heterocycles. The molecule has 0 saturated carbocycles. The van der Waals surface area contributed by atoms with Crippen molar-refractivity contribution in [3.05, 3.63) is 23.8 Å². The SMILES string of the molecule is OC(CNCC1CCCO1)c1ccc2c(c1)OCCO2. The predicted octanol–water partition coefficient (Wildman–Crippen LogP) is 1.26. The molecule has 1 fully saturated rings. The second-order valence-corrected chi connectivity index (χ2v) is 5.21. The topological polar surface area (TPSA) is 60.0 Å². The summed E-state index contributed by atoms with van der Waals surface area (Å²) < 4.78 is 16.5. The van der Waals surface area contributed by atoms with Crippen molar-refractivity contribution in [3.8, 4) is 11.5 Å². The molecule has 0 spiro atoms. The Kier molecular flexibility index (Phi) is 4.40. The summed E-state index contributed by atoms with van der Waals surface area (Å²) >= 11 is 0. The molecule has 2 unspecified atom stereocenters. The largest absolute Gasteiger partial charge is 0.486 e. The van der Waals surface area contributed by atoms with Crippen LogP contribution >= 0.6 is 0 Å².